The molecule has 0 atom stereocenters. The van der Waals surface area contributed by atoms with Gasteiger partial charge in [0.25, 0.3) is 0 Å². The van der Waals surface area contributed by atoms with Crippen LogP contribution in [0.3, 0.4) is 0 Å². The van der Waals surface area contributed by atoms with Gasteiger partial charge in [-0.05, 0) is 48.2 Å². The van der Waals surface area contributed by atoms with Crippen LogP contribution in [0.1, 0.15) is 67.2 Å². The van der Waals surface area contributed by atoms with E-state index < -0.39 is 0 Å². The Morgan fingerprint density at radius 3 is 1.75 bits per heavy atom. The van der Waals surface area contributed by atoms with Crippen LogP contribution in [0.15, 0.2) is 0 Å². The van der Waals surface area contributed by atoms with Gasteiger partial charge in [0.05, 0.1) is 0 Å². The second kappa shape index (κ2) is 5.33. The fraction of sp³-hybridized carbons (Fsp3) is 1.00. The predicted octanol–water partition coefficient (Wildman–Crippen LogP) is 5.37. The van der Waals surface area contributed by atoms with Crippen molar-refractivity contribution in [3.05, 3.63) is 0 Å². The summed E-state index contributed by atoms with van der Waals surface area (Å²) in [6.45, 7) is 14.3. The topological polar surface area (TPSA) is 0 Å². The van der Waals surface area contributed by atoms with Crippen molar-refractivity contribution in [1.82, 2.24) is 0 Å². The van der Waals surface area contributed by atoms with Gasteiger partial charge in [-0.3, -0.25) is 0 Å². The molecule has 0 aromatic carbocycles. The van der Waals surface area contributed by atoms with E-state index in [9.17, 15) is 0 Å². The molecule has 0 N–H and O–H groups in total. The predicted molar refractivity (Wildman–Crippen MR) is 77.1 cm³/mol. The molecule has 96 valence electrons. The Kier molecular flexibility index (Phi) is 4.80. The van der Waals surface area contributed by atoms with Crippen molar-refractivity contribution in [1.29, 1.82) is 0 Å². The number of thioether (sulfide) groups is 1. The number of rotatable bonds is 2. The molecular formula is C15H30S. The van der Waals surface area contributed by atoms with Crippen LogP contribution in [-0.4, -0.2) is 11.0 Å². The van der Waals surface area contributed by atoms with Crippen LogP contribution < -0.4 is 0 Å². The minimum atomic E-state index is 0.492. The van der Waals surface area contributed by atoms with Gasteiger partial charge >= 0.3 is 0 Å². The molecule has 1 heteroatoms. The van der Waals surface area contributed by atoms with Gasteiger partial charge in [-0.25, -0.2) is 0 Å². The van der Waals surface area contributed by atoms with E-state index in [1.54, 1.807) is 0 Å². The van der Waals surface area contributed by atoms with E-state index in [2.05, 4.69) is 53.3 Å². The van der Waals surface area contributed by atoms with E-state index in [-0.39, 0.29) is 0 Å². The zero-order chi connectivity index (χ0) is 12.4. The third-order valence-electron chi connectivity index (χ3n) is 3.65. The van der Waals surface area contributed by atoms with Crippen molar-refractivity contribution in [2.24, 2.45) is 16.7 Å². The van der Waals surface area contributed by atoms with E-state index in [0.717, 1.165) is 11.2 Å². The van der Waals surface area contributed by atoms with Gasteiger partial charge in [0, 0.05) is 5.25 Å². The van der Waals surface area contributed by atoms with Crippen molar-refractivity contribution in [2.75, 3.05) is 5.75 Å². The third kappa shape index (κ3) is 5.12. The van der Waals surface area contributed by atoms with Crippen LogP contribution in [-0.2, 0) is 0 Å². The van der Waals surface area contributed by atoms with Crippen molar-refractivity contribution >= 4 is 11.8 Å². The first-order valence-corrected chi connectivity index (χ1v) is 7.85. The molecule has 0 aromatic heterocycles. The summed E-state index contributed by atoms with van der Waals surface area (Å²) in [5.41, 5.74) is 1.02. The molecule has 0 spiro atoms. The van der Waals surface area contributed by atoms with E-state index >= 15 is 0 Å². The van der Waals surface area contributed by atoms with E-state index in [4.69, 9.17) is 0 Å². The van der Waals surface area contributed by atoms with Gasteiger partial charge in [0.15, 0.2) is 0 Å². The van der Waals surface area contributed by atoms with Crippen LogP contribution in [0, 0.1) is 16.7 Å². The fourth-order valence-corrected chi connectivity index (χ4v) is 3.80. The van der Waals surface area contributed by atoms with E-state index in [1.165, 1.54) is 31.4 Å². The van der Waals surface area contributed by atoms with Crippen LogP contribution in [0.25, 0.3) is 0 Å². The molecule has 1 rings (SSSR count). The molecular weight excluding hydrogens is 212 g/mol. The van der Waals surface area contributed by atoms with Crippen molar-refractivity contribution in [3.63, 3.8) is 0 Å². The average Bonchev–Trinajstić information content (AvgIpc) is 2.13. The Morgan fingerprint density at radius 2 is 1.38 bits per heavy atom. The van der Waals surface area contributed by atoms with Crippen LogP contribution in [0.2, 0.25) is 0 Å². The molecule has 0 aromatic rings. The van der Waals surface area contributed by atoms with Gasteiger partial charge in [-0.2, -0.15) is 11.8 Å². The smallest absolute Gasteiger partial charge is 0.00474 e. The Labute approximate surface area is 107 Å². The first-order chi connectivity index (χ1) is 7.18. The highest BCUT2D eigenvalue weighted by Gasteiger charge is 2.30. The monoisotopic (exact) mass is 242 g/mol. The molecule has 0 aliphatic heterocycles. The lowest BCUT2D eigenvalue weighted by Gasteiger charge is -2.37. The molecule has 0 amide bonds. The molecule has 0 saturated heterocycles. The summed E-state index contributed by atoms with van der Waals surface area (Å²) in [6.07, 6.45) is 5.79. The Balaban J connectivity index is 2.28. The Morgan fingerprint density at radius 1 is 0.875 bits per heavy atom. The SMILES string of the molecule is CC(C)(C)CSC1CCC(C(C)(C)C)CC1. The first-order valence-electron chi connectivity index (χ1n) is 6.80. The molecule has 1 fully saturated rings. The quantitative estimate of drug-likeness (QED) is 0.627. The third-order valence-corrected chi connectivity index (χ3v) is 5.63. The minimum absolute atomic E-state index is 0.492. The summed E-state index contributed by atoms with van der Waals surface area (Å²) in [5.74, 6) is 2.27. The highest BCUT2D eigenvalue weighted by Crippen LogP contribution is 2.41. The lowest BCUT2D eigenvalue weighted by Crippen LogP contribution is -2.27. The number of hydrogen-bond donors (Lipinski definition) is 0. The zero-order valence-electron chi connectivity index (χ0n) is 12.1. The van der Waals surface area contributed by atoms with Crippen LogP contribution in [0.4, 0.5) is 0 Å². The van der Waals surface area contributed by atoms with Crippen molar-refractivity contribution in [2.45, 2.75) is 72.5 Å². The van der Waals surface area contributed by atoms with E-state index in [1.807, 2.05) is 0 Å². The molecule has 0 bridgehead atoms. The summed E-state index contributed by atoms with van der Waals surface area (Å²) in [7, 11) is 0. The summed E-state index contributed by atoms with van der Waals surface area (Å²) in [5, 5.41) is 0.942. The molecule has 16 heavy (non-hydrogen) atoms. The normalized spacial score (nSPS) is 28.1. The van der Waals surface area contributed by atoms with Gasteiger partial charge in [-0.1, -0.05) is 41.5 Å². The molecule has 0 nitrogen and oxygen atoms in total. The van der Waals surface area contributed by atoms with Gasteiger partial charge in [0.1, 0.15) is 0 Å². The maximum Gasteiger partial charge on any atom is 0.00474 e. The molecule has 1 saturated carbocycles. The Bertz CT molecular complexity index is 198. The molecule has 1 aliphatic rings. The summed E-state index contributed by atoms with van der Waals surface area (Å²) < 4.78 is 0. The highest BCUT2D eigenvalue weighted by atomic mass is 32.2. The zero-order valence-corrected chi connectivity index (χ0v) is 12.9. The fourth-order valence-electron chi connectivity index (χ4n) is 2.46. The second-order valence-corrected chi connectivity index (χ2v) is 9.00. The second-order valence-electron chi connectivity index (χ2n) is 7.71. The number of hydrogen-bond acceptors (Lipinski definition) is 1. The van der Waals surface area contributed by atoms with Gasteiger partial charge in [0.2, 0.25) is 0 Å². The summed E-state index contributed by atoms with van der Waals surface area (Å²) in [4.78, 5) is 0. The standard InChI is InChI=1S/C15H30S/c1-14(2,3)11-16-13-9-7-12(8-10-13)15(4,5)6/h12-13H,7-11H2,1-6H3. The Hall–Kier alpha value is 0.350. The van der Waals surface area contributed by atoms with Crippen molar-refractivity contribution in [3.8, 4) is 0 Å². The molecule has 0 radical (unpaired) electrons. The van der Waals surface area contributed by atoms with E-state index in [0.29, 0.717) is 10.8 Å². The van der Waals surface area contributed by atoms with Crippen molar-refractivity contribution < 1.29 is 0 Å². The largest absolute Gasteiger partial charge is 0.158 e. The summed E-state index contributed by atoms with van der Waals surface area (Å²) >= 11 is 2.22. The average molecular weight is 242 g/mol. The maximum absolute atomic E-state index is 2.40. The first kappa shape index (κ1) is 14.4. The molecule has 0 heterocycles. The highest BCUT2D eigenvalue weighted by molar-refractivity contribution is 7.99. The summed E-state index contributed by atoms with van der Waals surface area (Å²) in [6, 6.07) is 0. The maximum atomic E-state index is 2.40. The molecule has 0 unspecified atom stereocenters. The van der Waals surface area contributed by atoms with Gasteiger partial charge < -0.3 is 0 Å². The minimum Gasteiger partial charge on any atom is -0.158 e. The van der Waals surface area contributed by atoms with Crippen LogP contribution in [0.5, 0.6) is 0 Å². The molecule has 1 aliphatic carbocycles. The lowest BCUT2D eigenvalue weighted by molar-refractivity contribution is 0.182. The van der Waals surface area contributed by atoms with Gasteiger partial charge in [-0.15, -0.1) is 0 Å². The lowest BCUT2D eigenvalue weighted by atomic mass is 9.72. The van der Waals surface area contributed by atoms with Crippen LogP contribution >= 0.6 is 11.8 Å².